The number of aromatic nitrogens is 2. The van der Waals surface area contributed by atoms with Crippen molar-refractivity contribution in [2.24, 2.45) is 17.8 Å². The normalized spacial score (nSPS) is 23.7. The van der Waals surface area contributed by atoms with Crippen LogP contribution in [0.15, 0.2) is 30.5 Å². The Hall–Kier alpha value is -3.89. The van der Waals surface area contributed by atoms with E-state index in [9.17, 15) is 19.2 Å². The first-order valence-electron chi connectivity index (χ1n) is 19.2. The molecule has 5 rings (SSSR count). The molecule has 1 aromatic carbocycles. The van der Waals surface area contributed by atoms with Gasteiger partial charge in [0.25, 0.3) is 0 Å². The Labute approximate surface area is 304 Å². The van der Waals surface area contributed by atoms with E-state index in [1.54, 1.807) is 25.7 Å². The Morgan fingerprint density at radius 2 is 1.49 bits per heavy atom. The quantitative estimate of drug-likeness (QED) is 0.251. The molecule has 51 heavy (non-hydrogen) atoms. The van der Waals surface area contributed by atoms with Crippen LogP contribution >= 0.6 is 0 Å². The second kappa shape index (κ2) is 16.2. The molecule has 4 atom stereocenters. The lowest BCUT2D eigenvalue weighted by atomic mass is 9.81. The monoisotopic (exact) mass is 704 g/mol. The molecule has 4 amide bonds. The van der Waals surface area contributed by atoms with Crippen LogP contribution in [0.3, 0.4) is 0 Å². The van der Waals surface area contributed by atoms with Crippen molar-refractivity contribution in [2.75, 3.05) is 13.1 Å². The molecule has 1 saturated carbocycles. The van der Waals surface area contributed by atoms with Gasteiger partial charge in [0.1, 0.15) is 23.5 Å². The highest BCUT2D eigenvalue weighted by atomic mass is 16.6. The molecule has 2 aliphatic heterocycles. The lowest BCUT2D eigenvalue weighted by molar-refractivity contribution is -0.141. The molecular weight excluding hydrogens is 644 g/mol. The number of alkyl carbamates (subject to hydrolysis) is 1. The van der Waals surface area contributed by atoms with E-state index in [2.05, 4.69) is 53.7 Å². The van der Waals surface area contributed by atoms with Crippen molar-refractivity contribution in [1.82, 2.24) is 30.4 Å². The average molecular weight is 705 g/mol. The zero-order valence-corrected chi connectivity index (χ0v) is 32.0. The van der Waals surface area contributed by atoms with Crippen molar-refractivity contribution < 1.29 is 23.9 Å². The second-order valence-corrected chi connectivity index (χ2v) is 16.6. The van der Waals surface area contributed by atoms with Gasteiger partial charge in [-0.25, -0.2) is 9.78 Å². The van der Waals surface area contributed by atoms with Crippen LogP contribution in [0.4, 0.5) is 4.79 Å². The number of H-pyrrole nitrogens is 1. The van der Waals surface area contributed by atoms with E-state index < -0.39 is 23.8 Å². The van der Waals surface area contributed by atoms with Crippen molar-refractivity contribution >= 4 is 23.8 Å². The molecule has 2 aromatic rings. The standard InChI is InChI=1S/C40H60N6O5/c1-24(2)26(5)37(48)45-21-9-11-32(45)35-41-23-31(43-35)29-15-13-27(14-16-29)28-17-19-30(20-18-28)42-36(47)33-12-10-22-46(33)38(49)34(25(3)4)44-39(50)51-40(6,7)8/h13-16,23-26,28,30,32-34H,9-12,17-22H2,1-8H3,(H,41,43)(H,42,47)(H,44,50)/t26-,28?,30?,32+,33+,34-/m1/s1. The van der Waals surface area contributed by atoms with E-state index in [0.29, 0.717) is 24.8 Å². The van der Waals surface area contributed by atoms with Crippen LogP contribution in [0, 0.1) is 17.8 Å². The maximum Gasteiger partial charge on any atom is 0.408 e. The minimum Gasteiger partial charge on any atom is -0.444 e. The zero-order chi connectivity index (χ0) is 37.0. The summed E-state index contributed by atoms with van der Waals surface area (Å²) in [5.41, 5.74) is 2.65. The highest BCUT2D eigenvalue weighted by molar-refractivity contribution is 5.92. The SMILES string of the molecule is CC(C)[C@@H](C)C(=O)N1CCC[C@H]1c1ncc(-c2ccc(C3CCC(NC(=O)[C@@H]4CCCN4C(=O)[C@H](NC(=O)OC(C)(C)C)C(C)C)CC3)cc2)[nH]1. The van der Waals surface area contributed by atoms with Gasteiger partial charge in [0.2, 0.25) is 17.7 Å². The third-order valence-corrected chi connectivity index (χ3v) is 11.0. The van der Waals surface area contributed by atoms with Crippen molar-refractivity contribution in [1.29, 1.82) is 0 Å². The van der Waals surface area contributed by atoms with Gasteiger partial charge in [0, 0.05) is 25.0 Å². The molecule has 0 bridgehead atoms. The first-order chi connectivity index (χ1) is 24.1. The molecule has 0 radical (unpaired) electrons. The number of rotatable bonds is 10. The maximum absolute atomic E-state index is 13.6. The fraction of sp³-hybridized carbons (Fsp3) is 0.675. The fourth-order valence-corrected chi connectivity index (χ4v) is 7.75. The summed E-state index contributed by atoms with van der Waals surface area (Å²) >= 11 is 0. The topological polar surface area (TPSA) is 137 Å². The maximum atomic E-state index is 13.6. The molecule has 280 valence electrons. The van der Waals surface area contributed by atoms with Gasteiger partial charge < -0.3 is 30.2 Å². The van der Waals surface area contributed by atoms with E-state index in [4.69, 9.17) is 9.72 Å². The summed E-state index contributed by atoms with van der Waals surface area (Å²) in [5.74, 6) is 1.29. The number of likely N-dealkylation sites (tertiary alicyclic amines) is 2. The molecule has 3 N–H and O–H groups in total. The van der Waals surface area contributed by atoms with Gasteiger partial charge >= 0.3 is 6.09 Å². The Morgan fingerprint density at radius 3 is 2.12 bits per heavy atom. The predicted octanol–water partition coefficient (Wildman–Crippen LogP) is 6.72. The molecule has 1 aliphatic carbocycles. The smallest absolute Gasteiger partial charge is 0.408 e. The van der Waals surface area contributed by atoms with Crippen LogP contribution in [0.5, 0.6) is 0 Å². The first kappa shape index (κ1) is 38.3. The summed E-state index contributed by atoms with van der Waals surface area (Å²) < 4.78 is 5.40. The number of imidazole rings is 1. The third kappa shape index (κ3) is 9.32. The predicted molar refractivity (Wildman–Crippen MR) is 198 cm³/mol. The number of nitrogens with zero attached hydrogens (tertiary/aromatic N) is 3. The second-order valence-electron chi connectivity index (χ2n) is 16.6. The molecule has 3 heterocycles. The van der Waals surface area contributed by atoms with E-state index in [1.165, 1.54) is 5.56 Å². The molecule has 0 unspecified atom stereocenters. The Bertz CT molecular complexity index is 1520. The first-order valence-corrected chi connectivity index (χ1v) is 19.2. The van der Waals surface area contributed by atoms with Gasteiger partial charge in [-0.1, -0.05) is 58.9 Å². The van der Waals surface area contributed by atoms with Gasteiger partial charge in [-0.15, -0.1) is 0 Å². The minimum atomic E-state index is -0.766. The number of carbonyl (C=O) groups is 4. The van der Waals surface area contributed by atoms with Gasteiger partial charge in [-0.3, -0.25) is 14.4 Å². The number of hydrogen-bond acceptors (Lipinski definition) is 6. The summed E-state index contributed by atoms with van der Waals surface area (Å²) in [6.07, 6.45) is 8.23. The summed E-state index contributed by atoms with van der Waals surface area (Å²) in [7, 11) is 0. The van der Waals surface area contributed by atoms with Crippen LogP contribution in [0.1, 0.15) is 130 Å². The molecule has 1 aromatic heterocycles. The number of aromatic amines is 1. The van der Waals surface area contributed by atoms with Crippen LogP contribution in [-0.2, 0) is 19.1 Å². The molecule has 11 nitrogen and oxygen atoms in total. The Morgan fingerprint density at radius 1 is 0.843 bits per heavy atom. The van der Waals surface area contributed by atoms with Crippen molar-refractivity contribution in [3.05, 3.63) is 41.9 Å². The van der Waals surface area contributed by atoms with Gasteiger partial charge in [0.15, 0.2) is 0 Å². The third-order valence-electron chi connectivity index (χ3n) is 11.0. The van der Waals surface area contributed by atoms with Crippen LogP contribution in [0.2, 0.25) is 0 Å². The highest BCUT2D eigenvalue weighted by Gasteiger charge is 2.40. The van der Waals surface area contributed by atoms with Gasteiger partial charge in [-0.2, -0.15) is 0 Å². The largest absolute Gasteiger partial charge is 0.444 e. The van der Waals surface area contributed by atoms with Crippen molar-refractivity contribution in [3.8, 4) is 11.3 Å². The number of amides is 4. The molecule has 3 aliphatic rings. The van der Waals surface area contributed by atoms with E-state index in [1.807, 2.05) is 31.9 Å². The number of carbonyl (C=O) groups excluding carboxylic acids is 4. The van der Waals surface area contributed by atoms with Crippen molar-refractivity contribution in [3.63, 3.8) is 0 Å². The van der Waals surface area contributed by atoms with Crippen molar-refractivity contribution in [2.45, 2.75) is 142 Å². The molecule has 11 heteroatoms. The molecule has 2 saturated heterocycles. The Balaban J connectivity index is 1.13. The lowest BCUT2D eigenvalue weighted by Gasteiger charge is -2.33. The summed E-state index contributed by atoms with van der Waals surface area (Å²) in [4.78, 5) is 64.6. The van der Waals surface area contributed by atoms with Gasteiger partial charge in [-0.05, 0) is 101 Å². The number of hydrogen-bond donors (Lipinski definition) is 3. The van der Waals surface area contributed by atoms with Crippen LogP contribution < -0.4 is 10.6 Å². The van der Waals surface area contributed by atoms with E-state index >= 15 is 0 Å². The number of ether oxygens (including phenoxy) is 1. The number of benzene rings is 1. The highest BCUT2D eigenvalue weighted by Crippen LogP contribution is 2.36. The van der Waals surface area contributed by atoms with Gasteiger partial charge in [0.05, 0.1) is 17.9 Å². The average Bonchev–Trinajstić information content (AvgIpc) is 3.87. The molecule has 3 fully saturated rings. The van der Waals surface area contributed by atoms with E-state index in [0.717, 1.165) is 68.6 Å². The summed E-state index contributed by atoms with van der Waals surface area (Å²) in [5, 5.41) is 6.00. The zero-order valence-electron chi connectivity index (χ0n) is 32.0. The Kier molecular flexibility index (Phi) is 12.2. The summed E-state index contributed by atoms with van der Waals surface area (Å²) in [6, 6.07) is 7.46. The van der Waals surface area contributed by atoms with Crippen LogP contribution in [-0.4, -0.2) is 80.4 Å². The number of nitrogens with one attached hydrogen (secondary N) is 3. The molecular formula is C40H60N6O5. The minimum absolute atomic E-state index is 0.00208. The summed E-state index contributed by atoms with van der Waals surface area (Å²) in [6.45, 7) is 16.6. The van der Waals surface area contributed by atoms with E-state index in [-0.39, 0.29) is 41.6 Å². The van der Waals surface area contributed by atoms with Crippen LogP contribution in [0.25, 0.3) is 11.3 Å². The molecule has 0 spiro atoms. The lowest BCUT2D eigenvalue weighted by Crippen LogP contribution is -2.56. The fourth-order valence-electron chi connectivity index (χ4n) is 7.75.